The lowest BCUT2D eigenvalue weighted by Gasteiger charge is -2.26. The number of ether oxygens (including phenoxy) is 3. The molecule has 1 aliphatic heterocycles. The van der Waals surface area contributed by atoms with Crippen molar-refractivity contribution in [1.82, 2.24) is 19.4 Å². The third-order valence-electron chi connectivity index (χ3n) is 6.79. The fraction of sp³-hybridized carbons (Fsp3) is 0.357. The van der Waals surface area contributed by atoms with Crippen molar-refractivity contribution >= 4 is 23.4 Å². The van der Waals surface area contributed by atoms with Gasteiger partial charge in [-0.05, 0) is 50.5 Å². The van der Waals surface area contributed by atoms with Gasteiger partial charge >= 0.3 is 5.97 Å². The normalized spacial score (nSPS) is 16.5. The van der Waals surface area contributed by atoms with Gasteiger partial charge < -0.3 is 33.8 Å². The molecule has 1 atom stereocenters. The van der Waals surface area contributed by atoms with Crippen molar-refractivity contribution in [3.63, 3.8) is 0 Å². The molecule has 1 aliphatic rings. The molecule has 2 N–H and O–H groups in total. The van der Waals surface area contributed by atoms with Crippen molar-refractivity contribution in [1.29, 1.82) is 0 Å². The number of aromatic nitrogens is 3. The summed E-state index contributed by atoms with van der Waals surface area (Å²) in [5.74, 6) is -1.58. The SMILES string of the molecule is CCOC(=O)c1[nH]c(C)c(C(O)=C2C(=O)C(=O)N(CCCn3ccnc3)C2c2ccc(OC)c(OC)c2)c1C. The molecular weight excluding hydrogens is 504 g/mol. The van der Waals surface area contributed by atoms with Crippen molar-refractivity contribution in [3.05, 3.63) is 70.6 Å². The van der Waals surface area contributed by atoms with E-state index in [2.05, 4.69) is 9.97 Å². The predicted molar refractivity (Wildman–Crippen MR) is 142 cm³/mol. The number of amides is 1. The van der Waals surface area contributed by atoms with Gasteiger partial charge in [0.25, 0.3) is 11.7 Å². The molecule has 0 saturated carbocycles. The highest BCUT2D eigenvalue weighted by atomic mass is 16.5. The number of Topliss-reactive ketones (excluding diaryl/α,β-unsaturated/α-hetero) is 1. The Hall–Kier alpha value is -4.54. The molecule has 3 aromatic rings. The minimum atomic E-state index is -0.896. The van der Waals surface area contributed by atoms with Crippen LogP contribution in [0.5, 0.6) is 11.5 Å². The number of carbonyl (C=O) groups is 3. The Morgan fingerprint density at radius 3 is 2.51 bits per heavy atom. The van der Waals surface area contributed by atoms with Gasteiger partial charge in [-0.15, -0.1) is 0 Å². The van der Waals surface area contributed by atoms with Crippen LogP contribution in [0, 0.1) is 13.8 Å². The molecule has 11 heteroatoms. The van der Waals surface area contributed by atoms with Crippen LogP contribution in [0.15, 0.2) is 42.5 Å². The zero-order valence-corrected chi connectivity index (χ0v) is 22.6. The minimum Gasteiger partial charge on any atom is -0.507 e. The maximum Gasteiger partial charge on any atom is 0.355 e. The van der Waals surface area contributed by atoms with Crippen LogP contribution in [-0.4, -0.2) is 69.6 Å². The van der Waals surface area contributed by atoms with E-state index < -0.39 is 23.7 Å². The Bertz CT molecular complexity index is 1420. The lowest BCUT2D eigenvalue weighted by atomic mass is 9.93. The number of H-pyrrole nitrogens is 1. The summed E-state index contributed by atoms with van der Waals surface area (Å²) in [4.78, 5) is 47.7. The van der Waals surface area contributed by atoms with Crippen LogP contribution in [0.2, 0.25) is 0 Å². The number of aliphatic hydroxyl groups is 1. The van der Waals surface area contributed by atoms with E-state index in [0.717, 1.165) is 0 Å². The molecule has 1 unspecified atom stereocenters. The number of aromatic amines is 1. The molecule has 0 spiro atoms. The molecule has 1 fully saturated rings. The van der Waals surface area contributed by atoms with E-state index in [1.807, 2.05) is 10.8 Å². The molecule has 0 aliphatic carbocycles. The number of aliphatic hydroxyl groups excluding tert-OH is 1. The molecule has 11 nitrogen and oxygen atoms in total. The molecule has 4 rings (SSSR count). The van der Waals surface area contributed by atoms with Crippen LogP contribution in [-0.2, 0) is 20.9 Å². The van der Waals surface area contributed by atoms with Gasteiger partial charge in [-0.25, -0.2) is 9.78 Å². The number of hydrogen-bond acceptors (Lipinski definition) is 8. The summed E-state index contributed by atoms with van der Waals surface area (Å²) >= 11 is 0. The molecule has 206 valence electrons. The van der Waals surface area contributed by atoms with E-state index in [-0.39, 0.29) is 35.7 Å². The second-order valence-electron chi connectivity index (χ2n) is 9.11. The topological polar surface area (TPSA) is 136 Å². The fourth-order valence-electron chi connectivity index (χ4n) is 4.97. The number of aryl methyl sites for hydroxylation is 2. The van der Waals surface area contributed by atoms with Crippen LogP contribution in [0.4, 0.5) is 0 Å². The summed E-state index contributed by atoms with van der Waals surface area (Å²) in [6.07, 6.45) is 5.71. The lowest BCUT2D eigenvalue weighted by Crippen LogP contribution is -2.31. The first-order valence-corrected chi connectivity index (χ1v) is 12.6. The van der Waals surface area contributed by atoms with Crippen molar-refractivity contribution in [2.45, 2.75) is 39.8 Å². The number of methoxy groups -OCH3 is 2. The van der Waals surface area contributed by atoms with Crippen molar-refractivity contribution in [2.24, 2.45) is 0 Å². The molecule has 1 amide bonds. The third-order valence-corrected chi connectivity index (χ3v) is 6.79. The minimum absolute atomic E-state index is 0.0736. The summed E-state index contributed by atoms with van der Waals surface area (Å²) in [6.45, 7) is 6.04. The first-order valence-electron chi connectivity index (χ1n) is 12.6. The van der Waals surface area contributed by atoms with Gasteiger partial charge in [0, 0.05) is 36.7 Å². The fourth-order valence-corrected chi connectivity index (χ4v) is 4.97. The largest absolute Gasteiger partial charge is 0.507 e. The van der Waals surface area contributed by atoms with Crippen molar-refractivity contribution < 1.29 is 33.7 Å². The van der Waals surface area contributed by atoms with Gasteiger partial charge in [-0.2, -0.15) is 0 Å². The number of hydrogen-bond donors (Lipinski definition) is 2. The van der Waals surface area contributed by atoms with Crippen LogP contribution in [0.1, 0.15) is 52.3 Å². The van der Waals surface area contributed by atoms with E-state index in [0.29, 0.717) is 41.3 Å². The Labute approximate surface area is 226 Å². The number of likely N-dealkylation sites (tertiary alicyclic amines) is 1. The number of imidazole rings is 1. The van der Waals surface area contributed by atoms with Gasteiger partial charge in [0.05, 0.1) is 38.8 Å². The summed E-state index contributed by atoms with van der Waals surface area (Å²) in [7, 11) is 3.01. The zero-order valence-electron chi connectivity index (χ0n) is 22.6. The van der Waals surface area contributed by atoms with Crippen LogP contribution in [0.25, 0.3) is 5.76 Å². The van der Waals surface area contributed by atoms with Gasteiger partial charge in [0.1, 0.15) is 11.5 Å². The zero-order chi connectivity index (χ0) is 28.3. The number of ketones is 1. The highest BCUT2D eigenvalue weighted by Crippen LogP contribution is 2.43. The van der Waals surface area contributed by atoms with Crippen molar-refractivity contribution in [3.8, 4) is 11.5 Å². The predicted octanol–water partition coefficient (Wildman–Crippen LogP) is 3.53. The average molecular weight is 537 g/mol. The van der Waals surface area contributed by atoms with Crippen LogP contribution >= 0.6 is 0 Å². The Kier molecular flexibility index (Phi) is 8.08. The quantitative estimate of drug-likeness (QED) is 0.174. The number of benzene rings is 1. The summed E-state index contributed by atoms with van der Waals surface area (Å²) in [5.41, 5.74) is 1.82. The molecule has 0 radical (unpaired) electrons. The van der Waals surface area contributed by atoms with Crippen LogP contribution in [0.3, 0.4) is 0 Å². The molecule has 1 aromatic carbocycles. The monoisotopic (exact) mass is 536 g/mol. The number of nitrogens with one attached hydrogen (secondary N) is 1. The first kappa shape index (κ1) is 27.5. The molecule has 2 aromatic heterocycles. The highest BCUT2D eigenvalue weighted by Gasteiger charge is 2.46. The Morgan fingerprint density at radius 1 is 1.13 bits per heavy atom. The third kappa shape index (κ3) is 5.12. The van der Waals surface area contributed by atoms with E-state index in [9.17, 15) is 19.5 Å². The summed E-state index contributed by atoms with van der Waals surface area (Å²) in [6, 6.07) is 4.21. The molecule has 3 heterocycles. The smallest absolute Gasteiger partial charge is 0.355 e. The Morgan fingerprint density at radius 2 is 1.87 bits per heavy atom. The number of rotatable bonds is 10. The lowest BCUT2D eigenvalue weighted by molar-refractivity contribution is -0.139. The number of carbonyl (C=O) groups excluding carboxylic acids is 3. The van der Waals surface area contributed by atoms with E-state index >= 15 is 0 Å². The summed E-state index contributed by atoms with van der Waals surface area (Å²) < 4.78 is 17.8. The molecule has 1 saturated heterocycles. The maximum atomic E-state index is 13.5. The first-order chi connectivity index (χ1) is 18.7. The van der Waals surface area contributed by atoms with E-state index in [1.165, 1.54) is 19.1 Å². The van der Waals surface area contributed by atoms with Crippen LogP contribution < -0.4 is 9.47 Å². The van der Waals surface area contributed by atoms with E-state index in [1.54, 1.807) is 51.5 Å². The summed E-state index contributed by atoms with van der Waals surface area (Å²) in [5, 5.41) is 11.6. The van der Waals surface area contributed by atoms with Crippen molar-refractivity contribution in [2.75, 3.05) is 27.4 Å². The molecular formula is C28H32N4O7. The molecule has 0 bridgehead atoms. The van der Waals surface area contributed by atoms with Gasteiger partial charge in [-0.3, -0.25) is 9.59 Å². The molecule has 39 heavy (non-hydrogen) atoms. The standard InChI is InChI=1S/C28H32N4O7/c1-6-39-28(36)23-16(2)21(17(3)30-23)25(33)22-24(18-8-9-19(37-4)20(14-18)38-5)32(27(35)26(22)34)12-7-11-31-13-10-29-15-31/h8-10,13-15,24,30,33H,6-7,11-12H2,1-5H3. The highest BCUT2D eigenvalue weighted by molar-refractivity contribution is 6.46. The second-order valence-corrected chi connectivity index (χ2v) is 9.11. The second kappa shape index (κ2) is 11.5. The van der Waals surface area contributed by atoms with Gasteiger partial charge in [-0.1, -0.05) is 6.07 Å². The van der Waals surface area contributed by atoms with Gasteiger partial charge in [0.15, 0.2) is 11.5 Å². The number of nitrogens with zero attached hydrogens (tertiary/aromatic N) is 3. The Balaban J connectivity index is 1.83. The van der Waals surface area contributed by atoms with E-state index in [4.69, 9.17) is 14.2 Å². The maximum absolute atomic E-state index is 13.5. The number of esters is 1. The van der Waals surface area contributed by atoms with Gasteiger partial charge in [0.2, 0.25) is 0 Å². The average Bonchev–Trinajstić information content (AvgIpc) is 3.61.